The van der Waals surface area contributed by atoms with Crippen molar-refractivity contribution in [2.45, 2.75) is 13.8 Å². The summed E-state index contributed by atoms with van der Waals surface area (Å²) in [6.45, 7) is 6.90. The van der Waals surface area contributed by atoms with Gasteiger partial charge in [0.2, 0.25) is 0 Å². The Hall–Kier alpha value is -2.48. The number of nitrogens with zero attached hydrogens (tertiary/aromatic N) is 6. The molecule has 4 heterocycles. The highest BCUT2D eigenvalue weighted by molar-refractivity contribution is 7.12. The van der Waals surface area contributed by atoms with E-state index < -0.39 is 0 Å². The van der Waals surface area contributed by atoms with Crippen molar-refractivity contribution in [3.05, 3.63) is 40.0 Å². The number of rotatable bonds is 2. The molecule has 0 unspecified atom stereocenters. The van der Waals surface area contributed by atoms with Crippen LogP contribution in [0.2, 0.25) is 0 Å². The number of fused-ring (bicyclic) bond motifs is 1. The molecule has 7 nitrogen and oxygen atoms in total. The lowest BCUT2D eigenvalue weighted by molar-refractivity contribution is 0.0751. The number of amides is 1. The number of carbonyl (C=O) groups excluding carboxylic acids is 1. The van der Waals surface area contributed by atoms with Crippen LogP contribution in [0, 0.1) is 13.8 Å². The fourth-order valence-electron chi connectivity index (χ4n) is 3.08. The molecule has 3 aromatic rings. The molecular weight excluding hydrogens is 324 g/mol. The molecule has 1 aliphatic rings. The second kappa shape index (κ2) is 5.86. The summed E-state index contributed by atoms with van der Waals surface area (Å²) in [6, 6.07) is 5.85. The normalized spacial score (nSPS) is 15.2. The summed E-state index contributed by atoms with van der Waals surface area (Å²) in [4.78, 5) is 21.9. The first-order valence-corrected chi connectivity index (χ1v) is 8.78. The van der Waals surface area contributed by atoms with Gasteiger partial charge in [-0.15, -0.1) is 21.5 Å². The minimum absolute atomic E-state index is 0.123. The number of hydrogen-bond donors (Lipinski definition) is 0. The molecule has 24 heavy (non-hydrogen) atoms. The average Bonchev–Trinajstić information content (AvgIpc) is 3.25. The van der Waals surface area contributed by atoms with Gasteiger partial charge in [0.15, 0.2) is 0 Å². The molecule has 1 aliphatic heterocycles. The maximum Gasteiger partial charge on any atom is 0.264 e. The van der Waals surface area contributed by atoms with Crippen LogP contribution in [0.15, 0.2) is 23.6 Å². The van der Waals surface area contributed by atoms with Gasteiger partial charge in [-0.25, -0.2) is 0 Å². The summed E-state index contributed by atoms with van der Waals surface area (Å²) < 4.78 is 1.94. The van der Waals surface area contributed by atoms with Gasteiger partial charge in [-0.1, -0.05) is 6.07 Å². The van der Waals surface area contributed by atoms with Crippen LogP contribution in [-0.2, 0) is 0 Å². The molecule has 0 aliphatic carbocycles. The van der Waals surface area contributed by atoms with Crippen molar-refractivity contribution in [2.75, 3.05) is 31.1 Å². The number of thiophene rings is 1. The lowest BCUT2D eigenvalue weighted by atomic mass is 10.2. The third kappa shape index (κ3) is 2.52. The topological polar surface area (TPSA) is 66.6 Å². The van der Waals surface area contributed by atoms with Crippen LogP contribution < -0.4 is 4.90 Å². The van der Waals surface area contributed by atoms with Crippen molar-refractivity contribution in [3.63, 3.8) is 0 Å². The summed E-state index contributed by atoms with van der Waals surface area (Å²) >= 11 is 1.49. The van der Waals surface area contributed by atoms with Gasteiger partial charge in [0.05, 0.1) is 4.88 Å². The number of piperazine rings is 1. The van der Waals surface area contributed by atoms with E-state index in [-0.39, 0.29) is 5.91 Å². The minimum atomic E-state index is 0.123. The predicted molar refractivity (Wildman–Crippen MR) is 92.7 cm³/mol. The Labute approximate surface area is 143 Å². The van der Waals surface area contributed by atoms with E-state index in [9.17, 15) is 4.79 Å². The van der Waals surface area contributed by atoms with Crippen molar-refractivity contribution in [3.8, 4) is 0 Å². The minimum Gasteiger partial charge on any atom is -0.353 e. The van der Waals surface area contributed by atoms with Crippen molar-refractivity contribution < 1.29 is 4.79 Å². The molecule has 1 amide bonds. The van der Waals surface area contributed by atoms with Gasteiger partial charge in [-0.05, 0) is 25.3 Å². The lowest BCUT2D eigenvalue weighted by Gasteiger charge is -2.35. The number of carbonyl (C=O) groups is 1. The third-order valence-electron chi connectivity index (χ3n) is 4.34. The van der Waals surface area contributed by atoms with Crippen molar-refractivity contribution in [1.29, 1.82) is 0 Å². The molecule has 8 heteroatoms. The third-order valence-corrected chi connectivity index (χ3v) is 5.19. The molecule has 0 saturated carbocycles. The van der Waals surface area contributed by atoms with Gasteiger partial charge in [0, 0.05) is 37.9 Å². The number of hydrogen-bond acceptors (Lipinski definition) is 6. The Morgan fingerprint density at radius 1 is 1.17 bits per heavy atom. The Kier molecular flexibility index (Phi) is 3.68. The summed E-state index contributed by atoms with van der Waals surface area (Å²) in [7, 11) is 0. The number of aryl methyl sites for hydroxylation is 2. The second-order valence-electron chi connectivity index (χ2n) is 5.89. The predicted octanol–water partition coefficient (Wildman–Crippen LogP) is 1.77. The Bertz CT molecular complexity index is 879. The van der Waals surface area contributed by atoms with Crippen LogP contribution >= 0.6 is 11.3 Å². The van der Waals surface area contributed by atoms with Crippen LogP contribution in [0.3, 0.4) is 0 Å². The molecule has 0 radical (unpaired) electrons. The Morgan fingerprint density at radius 3 is 2.67 bits per heavy atom. The summed E-state index contributed by atoms with van der Waals surface area (Å²) in [5.41, 5.74) is 1.06. The fraction of sp³-hybridized carbons (Fsp3) is 0.375. The first kappa shape index (κ1) is 15.1. The molecule has 1 fully saturated rings. The highest BCUT2D eigenvalue weighted by Crippen LogP contribution is 2.19. The zero-order valence-electron chi connectivity index (χ0n) is 13.6. The summed E-state index contributed by atoms with van der Waals surface area (Å²) in [5, 5.41) is 10.1. The maximum atomic E-state index is 12.4. The van der Waals surface area contributed by atoms with Crippen LogP contribution in [0.1, 0.15) is 21.2 Å². The molecule has 4 rings (SSSR count). The smallest absolute Gasteiger partial charge is 0.264 e. The van der Waals surface area contributed by atoms with Crippen molar-refractivity contribution in [1.82, 2.24) is 24.5 Å². The average molecular weight is 342 g/mol. The van der Waals surface area contributed by atoms with E-state index >= 15 is 0 Å². The fourth-order valence-corrected chi connectivity index (χ4v) is 3.77. The van der Waals surface area contributed by atoms with Crippen LogP contribution in [0.4, 0.5) is 5.82 Å². The van der Waals surface area contributed by atoms with Gasteiger partial charge in [-0.3, -0.25) is 9.20 Å². The molecular formula is C16H18N6OS. The van der Waals surface area contributed by atoms with Gasteiger partial charge >= 0.3 is 0 Å². The number of anilines is 1. The van der Waals surface area contributed by atoms with Gasteiger partial charge in [0.25, 0.3) is 11.7 Å². The second-order valence-corrected chi connectivity index (χ2v) is 6.84. The molecule has 124 valence electrons. The van der Waals surface area contributed by atoms with Gasteiger partial charge in [-0.2, -0.15) is 4.98 Å². The van der Waals surface area contributed by atoms with E-state index in [1.54, 1.807) is 0 Å². The SMILES string of the molecule is Cc1cc(N2CCN(C(=O)c3cccs3)CC2)nc2nnc(C)n12. The van der Waals surface area contributed by atoms with Crippen LogP contribution in [-0.4, -0.2) is 56.6 Å². The van der Waals surface area contributed by atoms with E-state index in [1.807, 2.05) is 40.7 Å². The highest BCUT2D eigenvalue weighted by atomic mass is 32.1. The van der Waals surface area contributed by atoms with Crippen molar-refractivity contribution >= 4 is 28.8 Å². The Morgan fingerprint density at radius 2 is 1.96 bits per heavy atom. The Balaban J connectivity index is 1.51. The first-order chi connectivity index (χ1) is 11.6. The van der Waals surface area contributed by atoms with E-state index in [4.69, 9.17) is 0 Å². The number of aromatic nitrogens is 4. The summed E-state index contributed by atoms with van der Waals surface area (Å²) in [6.07, 6.45) is 0. The quantitative estimate of drug-likeness (QED) is 0.710. The molecule has 1 saturated heterocycles. The van der Waals surface area contributed by atoms with E-state index in [0.717, 1.165) is 35.3 Å². The van der Waals surface area contributed by atoms with Crippen LogP contribution in [0.25, 0.3) is 5.78 Å². The first-order valence-electron chi connectivity index (χ1n) is 7.90. The largest absolute Gasteiger partial charge is 0.353 e. The molecule has 0 aromatic carbocycles. The van der Waals surface area contributed by atoms with Gasteiger partial charge < -0.3 is 9.80 Å². The lowest BCUT2D eigenvalue weighted by Crippen LogP contribution is -2.49. The molecule has 0 N–H and O–H groups in total. The van der Waals surface area contributed by atoms with Gasteiger partial charge in [0.1, 0.15) is 11.6 Å². The molecule has 3 aromatic heterocycles. The monoisotopic (exact) mass is 342 g/mol. The van der Waals surface area contributed by atoms with E-state index in [2.05, 4.69) is 26.1 Å². The van der Waals surface area contributed by atoms with Crippen LogP contribution in [0.5, 0.6) is 0 Å². The molecule has 0 spiro atoms. The molecule has 0 bridgehead atoms. The summed E-state index contributed by atoms with van der Waals surface area (Å²) in [5.74, 6) is 2.49. The maximum absolute atomic E-state index is 12.4. The molecule has 0 atom stereocenters. The standard InChI is InChI=1S/C16H18N6OS/c1-11-10-14(17-16-19-18-12(2)22(11)16)20-5-7-21(8-6-20)15(23)13-4-3-9-24-13/h3-4,9-10H,5-8H2,1-2H3. The zero-order chi connectivity index (χ0) is 16.7. The van der Waals surface area contributed by atoms with Crippen molar-refractivity contribution in [2.24, 2.45) is 0 Å². The van der Waals surface area contributed by atoms with E-state index in [1.165, 1.54) is 11.3 Å². The highest BCUT2D eigenvalue weighted by Gasteiger charge is 2.24. The zero-order valence-corrected chi connectivity index (χ0v) is 14.5. The van der Waals surface area contributed by atoms with E-state index in [0.29, 0.717) is 18.9 Å².